The molecule has 8 heteroatoms. The van der Waals surface area contributed by atoms with Crippen molar-refractivity contribution < 1.29 is 14.3 Å². The predicted octanol–water partition coefficient (Wildman–Crippen LogP) is 2.74. The fourth-order valence-corrected chi connectivity index (χ4v) is 3.84. The number of fused-ring (bicyclic) bond motifs is 1. The first kappa shape index (κ1) is 20.5. The maximum atomic E-state index is 12.7. The number of ether oxygens (including phenoxy) is 2. The number of halogens is 1. The third kappa shape index (κ3) is 4.25. The van der Waals surface area contributed by atoms with Crippen LogP contribution >= 0.6 is 12.4 Å². The number of rotatable bonds is 6. The summed E-state index contributed by atoms with van der Waals surface area (Å²) in [6.45, 7) is 1.94. The molecular formula is C20H27ClN4O3. The Morgan fingerprint density at radius 3 is 2.93 bits per heavy atom. The van der Waals surface area contributed by atoms with Gasteiger partial charge in [0.15, 0.2) is 17.2 Å². The fourth-order valence-electron chi connectivity index (χ4n) is 3.84. The average molecular weight is 407 g/mol. The molecule has 4 rings (SSSR count). The minimum absolute atomic E-state index is 0. The van der Waals surface area contributed by atoms with E-state index in [0.717, 1.165) is 48.4 Å². The molecule has 0 spiro atoms. The number of benzene rings is 1. The highest BCUT2D eigenvalue weighted by molar-refractivity contribution is 5.94. The van der Waals surface area contributed by atoms with E-state index in [2.05, 4.69) is 20.8 Å². The number of nitrogens with one attached hydrogen (secondary N) is 3. The number of nitrogens with zero attached hydrogens (tertiary/aromatic N) is 1. The summed E-state index contributed by atoms with van der Waals surface area (Å²) in [7, 11) is 1.64. The number of carbonyl (C=O) groups excluding carboxylic acids is 1. The van der Waals surface area contributed by atoms with E-state index in [4.69, 9.17) is 9.47 Å². The van der Waals surface area contributed by atoms with Crippen LogP contribution in [0.3, 0.4) is 0 Å². The average Bonchev–Trinajstić information content (AvgIpc) is 3.36. The maximum Gasteiger partial charge on any atom is 0.272 e. The lowest BCUT2D eigenvalue weighted by Gasteiger charge is -2.19. The highest BCUT2D eigenvalue weighted by Gasteiger charge is 2.23. The highest BCUT2D eigenvalue weighted by atomic mass is 35.5. The topological polar surface area (TPSA) is 88.3 Å². The van der Waals surface area contributed by atoms with Gasteiger partial charge in [-0.2, -0.15) is 5.10 Å². The lowest BCUT2D eigenvalue weighted by molar-refractivity contribution is 0.0944. The molecule has 1 aromatic carbocycles. The van der Waals surface area contributed by atoms with Crippen molar-refractivity contribution >= 4 is 18.3 Å². The third-order valence-corrected chi connectivity index (χ3v) is 5.33. The van der Waals surface area contributed by atoms with Crippen molar-refractivity contribution in [3.63, 3.8) is 0 Å². The largest absolute Gasteiger partial charge is 0.493 e. The Bertz CT molecular complexity index is 818. The van der Waals surface area contributed by atoms with Crippen LogP contribution in [0.2, 0.25) is 0 Å². The molecule has 1 aliphatic heterocycles. The maximum absolute atomic E-state index is 12.7. The summed E-state index contributed by atoms with van der Waals surface area (Å²) in [6.07, 6.45) is 5.62. The number of methoxy groups -OCH3 is 1. The van der Waals surface area contributed by atoms with Crippen molar-refractivity contribution in [2.75, 3.05) is 13.7 Å². The summed E-state index contributed by atoms with van der Waals surface area (Å²) in [5, 5.41) is 13.5. The van der Waals surface area contributed by atoms with E-state index in [9.17, 15) is 4.79 Å². The van der Waals surface area contributed by atoms with Crippen LogP contribution in [-0.4, -0.2) is 35.9 Å². The monoisotopic (exact) mass is 406 g/mol. The molecule has 2 heterocycles. The molecule has 0 radical (unpaired) electrons. The van der Waals surface area contributed by atoms with E-state index in [1.54, 1.807) is 7.11 Å². The van der Waals surface area contributed by atoms with E-state index in [0.29, 0.717) is 24.5 Å². The van der Waals surface area contributed by atoms with Gasteiger partial charge in [-0.25, -0.2) is 0 Å². The third-order valence-electron chi connectivity index (χ3n) is 5.33. The number of aromatic amines is 1. The second-order valence-electron chi connectivity index (χ2n) is 7.11. The summed E-state index contributed by atoms with van der Waals surface area (Å²) in [4.78, 5) is 12.7. The van der Waals surface area contributed by atoms with Crippen molar-refractivity contribution in [1.82, 2.24) is 20.8 Å². The Morgan fingerprint density at radius 1 is 1.32 bits per heavy atom. The summed E-state index contributed by atoms with van der Waals surface area (Å²) in [6, 6.07) is 5.78. The number of aromatic nitrogens is 2. The van der Waals surface area contributed by atoms with Gasteiger partial charge >= 0.3 is 0 Å². The molecule has 7 nitrogen and oxygen atoms in total. The molecule has 0 bridgehead atoms. The van der Waals surface area contributed by atoms with Crippen molar-refractivity contribution in [2.45, 2.75) is 51.3 Å². The molecule has 1 saturated carbocycles. The molecule has 1 aromatic heterocycles. The lowest BCUT2D eigenvalue weighted by Crippen LogP contribution is -2.28. The van der Waals surface area contributed by atoms with E-state index in [1.165, 1.54) is 12.8 Å². The number of H-pyrrole nitrogens is 1. The first-order chi connectivity index (χ1) is 13.3. The lowest BCUT2D eigenvalue weighted by atomic mass is 10.1. The number of carbonyl (C=O) groups is 1. The molecule has 1 amide bonds. The number of hydrogen-bond donors (Lipinski definition) is 3. The van der Waals surface area contributed by atoms with Gasteiger partial charge in [0.05, 0.1) is 13.2 Å². The smallest absolute Gasteiger partial charge is 0.272 e. The van der Waals surface area contributed by atoms with Crippen LogP contribution in [0, 0.1) is 0 Å². The Labute approximate surface area is 171 Å². The van der Waals surface area contributed by atoms with Gasteiger partial charge in [0, 0.05) is 42.9 Å². The van der Waals surface area contributed by atoms with E-state index >= 15 is 0 Å². The van der Waals surface area contributed by atoms with Gasteiger partial charge in [0.25, 0.3) is 5.91 Å². The van der Waals surface area contributed by atoms with Gasteiger partial charge in [0.1, 0.15) is 0 Å². The Morgan fingerprint density at radius 2 is 2.14 bits per heavy atom. The van der Waals surface area contributed by atoms with Gasteiger partial charge in [-0.15, -0.1) is 12.4 Å². The highest BCUT2D eigenvalue weighted by Crippen LogP contribution is 2.34. The minimum Gasteiger partial charge on any atom is -0.493 e. The Kier molecular flexibility index (Phi) is 6.80. The number of hydrogen-bond acceptors (Lipinski definition) is 5. The molecule has 1 fully saturated rings. The van der Waals surface area contributed by atoms with Crippen molar-refractivity contribution in [3.8, 4) is 11.5 Å². The zero-order chi connectivity index (χ0) is 18.6. The van der Waals surface area contributed by atoms with Gasteiger partial charge in [-0.3, -0.25) is 9.89 Å². The van der Waals surface area contributed by atoms with E-state index in [-0.39, 0.29) is 24.4 Å². The van der Waals surface area contributed by atoms with Crippen molar-refractivity contribution in [2.24, 2.45) is 0 Å². The Hall–Kier alpha value is -2.25. The normalized spacial score (nSPS) is 16.2. The second kappa shape index (κ2) is 9.30. The summed E-state index contributed by atoms with van der Waals surface area (Å²) < 4.78 is 11.7. The van der Waals surface area contributed by atoms with Crippen LogP contribution in [-0.2, 0) is 19.5 Å². The minimum atomic E-state index is -0.175. The van der Waals surface area contributed by atoms with Gasteiger partial charge in [-0.1, -0.05) is 12.1 Å². The molecule has 2 aliphatic rings. The van der Waals surface area contributed by atoms with E-state index in [1.807, 2.05) is 18.2 Å². The predicted molar refractivity (Wildman–Crippen MR) is 108 cm³/mol. The first-order valence-corrected chi connectivity index (χ1v) is 9.64. The second-order valence-corrected chi connectivity index (χ2v) is 7.11. The zero-order valence-electron chi connectivity index (χ0n) is 16.0. The first-order valence-electron chi connectivity index (χ1n) is 9.64. The van der Waals surface area contributed by atoms with Crippen molar-refractivity contribution in [1.29, 1.82) is 0 Å². The van der Waals surface area contributed by atoms with Crippen LogP contribution in [0.25, 0.3) is 0 Å². The van der Waals surface area contributed by atoms with Crippen LogP contribution < -0.4 is 20.1 Å². The summed E-state index contributed by atoms with van der Waals surface area (Å²) in [5.74, 6) is 1.26. The molecule has 0 unspecified atom stereocenters. The van der Waals surface area contributed by atoms with E-state index < -0.39 is 0 Å². The van der Waals surface area contributed by atoms with Gasteiger partial charge in [0.2, 0.25) is 0 Å². The standard InChI is InChI=1S/C20H26N4O3.ClH/c1-26-17-8-4-5-13(19(17)27-14-6-2-3-7-14)11-22-20(25)18-15-12-21-10-9-16(15)23-24-18;/h4-5,8,14,21H,2-3,6-7,9-12H2,1H3,(H,22,25)(H,23,24);1H. The number of amides is 1. The van der Waals surface area contributed by atoms with Crippen LogP contribution in [0.5, 0.6) is 11.5 Å². The van der Waals surface area contributed by atoms with Crippen LogP contribution in [0.1, 0.15) is 53.0 Å². The summed E-state index contributed by atoms with van der Waals surface area (Å²) >= 11 is 0. The van der Waals surface area contributed by atoms with Crippen molar-refractivity contribution in [3.05, 3.63) is 40.7 Å². The van der Waals surface area contributed by atoms with Gasteiger partial charge < -0.3 is 20.1 Å². The molecule has 2 aromatic rings. The molecule has 3 N–H and O–H groups in total. The molecular weight excluding hydrogens is 380 g/mol. The molecule has 0 atom stereocenters. The van der Waals surface area contributed by atoms with Crippen LogP contribution in [0.15, 0.2) is 18.2 Å². The molecule has 0 saturated heterocycles. The quantitative estimate of drug-likeness (QED) is 0.686. The zero-order valence-corrected chi connectivity index (χ0v) is 16.9. The molecule has 28 heavy (non-hydrogen) atoms. The van der Waals surface area contributed by atoms with Gasteiger partial charge in [-0.05, 0) is 31.7 Å². The SMILES string of the molecule is COc1cccc(CNC(=O)c2n[nH]c3c2CNCC3)c1OC1CCCC1.Cl. The molecule has 1 aliphatic carbocycles. The molecule has 152 valence electrons. The van der Waals surface area contributed by atoms with Crippen LogP contribution in [0.4, 0.5) is 0 Å². The fraction of sp³-hybridized carbons (Fsp3) is 0.500. The summed E-state index contributed by atoms with van der Waals surface area (Å²) in [5.41, 5.74) is 3.40. The Balaban J connectivity index is 0.00000225. The number of para-hydroxylation sites is 1.